The Kier molecular flexibility index (Phi) is 3.26. The molecule has 0 atom stereocenters. The topological polar surface area (TPSA) is 68.9 Å². The molecule has 1 aromatic carbocycles. The predicted molar refractivity (Wildman–Crippen MR) is 79.3 cm³/mol. The van der Waals surface area contributed by atoms with Crippen molar-refractivity contribution in [2.75, 3.05) is 0 Å². The maximum Gasteiger partial charge on any atom is 0.249 e. The molecule has 5 heteroatoms. The van der Waals surface area contributed by atoms with Gasteiger partial charge in [-0.15, -0.1) is 11.3 Å². The lowest BCUT2D eigenvalue weighted by Gasteiger charge is -2.11. The minimum absolute atomic E-state index is 0.461. The zero-order valence-electron chi connectivity index (χ0n) is 10.5. The number of primary amides is 1. The van der Waals surface area contributed by atoms with Crippen LogP contribution >= 0.6 is 11.3 Å². The Labute approximate surface area is 119 Å². The number of carbonyl (C=O) groups excluding carboxylic acids is 1. The average Bonchev–Trinajstić information content (AvgIpc) is 3.01. The van der Waals surface area contributed by atoms with E-state index < -0.39 is 5.91 Å². The van der Waals surface area contributed by atoms with E-state index >= 15 is 0 Å². The molecule has 0 fully saturated rings. The second-order valence-electron chi connectivity index (χ2n) is 4.17. The summed E-state index contributed by atoms with van der Waals surface area (Å²) in [5.74, 6) is -0.461. The minimum Gasteiger partial charge on any atom is -0.366 e. The minimum atomic E-state index is -0.461. The van der Waals surface area contributed by atoms with E-state index in [1.807, 2.05) is 30.3 Å². The number of nitrogens with two attached hydrogens (primary N) is 1. The largest absolute Gasteiger partial charge is 0.366 e. The fraction of sp³-hybridized carbons (Fsp3) is 0. The summed E-state index contributed by atoms with van der Waals surface area (Å²) in [4.78, 5) is 21.1. The van der Waals surface area contributed by atoms with Crippen molar-refractivity contribution in [1.29, 1.82) is 0 Å². The Morgan fingerprint density at radius 3 is 2.70 bits per heavy atom. The van der Waals surface area contributed by atoms with E-state index in [1.165, 1.54) is 11.3 Å². The number of hydrogen-bond acceptors (Lipinski definition) is 4. The van der Waals surface area contributed by atoms with Crippen molar-refractivity contribution >= 4 is 17.2 Å². The summed E-state index contributed by atoms with van der Waals surface area (Å²) in [7, 11) is 0. The van der Waals surface area contributed by atoms with Gasteiger partial charge in [-0.05, 0) is 18.2 Å². The molecule has 98 valence electrons. The fourth-order valence-corrected chi connectivity index (χ4v) is 2.75. The molecule has 0 saturated heterocycles. The first-order valence-corrected chi connectivity index (χ1v) is 6.88. The lowest BCUT2D eigenvalue weighted by Crippen LogP contribution is -2.13. The molecule has 0 radical (unpaired) electrons. The molecule has 3 aromatic rings. The molecule has 0 aliphatic heterocycles. The zero-order chi connectivity index (χ0) is 13.9. The normalized spacial score (nSPS) is 10.4. The highest BCUT2D eigenvalue weighted by molar-refractivity contribution is 7.13. The number of aromatic nitrogens is 2. The van der Waals surface area contributed by atoms with E-state index in [9.17, 15) is 4.79 Å². The van der Waals surface area contributed by atoms with Crippen molar-refractivity contribution in [3.05, 3.63) is 59.9 Å². The molecule has 4 nitrogen and oxygen atoms in total. The van der Waals surface area contributed by atoms with Crippen LogP contribution in [0.15, 0.2) is 54.3 Å². The smallest absolute Gasteiger partial charge is 0.249 e. The summed E-state index contributed by atoms with van der Waals surface area (Å²) in [6, 6.07) is 11.1. The second kappa shape index (κ2) is 5.22. The van der Waals surface area contributed by atoms with Crippen molar-refractivity contribution in [2.45, 2.75) is 0 Å². The van der Waals surface area contributed by atoms with Gasteiger partial charge in [0.1, 0.15) is 0 Å². The molecule has 1 amide bonds. The number of nitrogens with zero attached hydrogens (tertiary/aromatic N) is 2. The van der Waals surface area contributed by atoms with Gasteiger partial charge in [0.05, 0.1) is 16.1 Å². The van der Waals surface area contributed by atoms with Gasteiger partial charge in [-0.3, -0.25) is 14.8 Å². The molecule has 0 aliphatic rings. The van der Waals surface area contributed by atoms with Crippen molar-refractivity contribution in [3.63, 3.8) is 0 Å². The Morgan fingerprint density at radius 2 is 2.05 bits per heavy atom. The van der Waals surface area contributed by atoms with Gasteiger partial charge >= 0.3 is 0 Å². The first kappa shape index (κ1) is 12.5. The fourth-order valence-electron chi connectivity index (χ4n) is 2.10. The Bertz CT molecular complexity index is 739. The van der Waals surface area contributed by atoms with E-state index in [1.54, 1.807) is 24.0 Å². The van der Waals surface area contributed by atoms with Crippen LogP contribution in [-0.2, 0) is 0 Å². The molecule has 0 aliphatic carbocycles. The molecule has 2 aromatic heterocycles. The predicted octanol–water partition coefficient (Wildman–Crippen LogP) is 2.97. The molecule has 0 bridgehead atoms. The third kappa shape index (κ3) is 2.19. The summed E-state index contributed by atoms with van der Waals surface area (Å²) >= 11 is 1.51. The van der Waals surface area contributed by atoms with Crippen LogP contribution in [0.5, 0.6) is 0 Å². The Hall–Kier alpha value is -2.53. The van der Waals surface area contributed by atoms with E-state index in [0.29, 0.717) is 5.56 Å². The first-order valence-electron chi connectivity index (χ1n) is 6.00. The van der Waals surface area contributed by atoms with E-state index in [-0.39, 0.29) is 0 Å². The van der Waals surface area contributed by atoms with Gasteiger partial charge in [0.15, 0.2) is 0 Å². The van der Waals surface area contributed by atoms with Crippen LogP contribution in [-0.4, -0.2) is 15.9 Å². The Morgan fingerprint density at radius 1 is 1.15 bits per heavy atom. The highest BCUT2D eigenvalue weighted by Crippen LogP contribution is 2.35. The number of thiazole rings is 1. The second-order valence-corrected chi connectivity index (χ2v) is 5.06. The van der Waals surface area contributed by atoms with E-state index in [0.717, 1.165) is 21.7 Å². The molecule has 20 heavy (non-hydrogen) atoms. The lowest BCUT2D eigenvalue weighted by atomic mass is 9.96. The summed E-state index contributed by atoms with van der Waals surface area (Å²) in [5.41, 5.74) is 10.1. The van der Waals surface area contributed by atoms with Crippen LogP contribution in [0.2, 0.25) is 0 Å². The number of rotatable bonds is 3. The average molecular weight is 281 g/mol. The van der Waals surface area contributed by atoms with Crippen molar-refractivity contribution in [3.8, 4) is 21.7 Å². The number of benzene rings is 1. The third-order valence-electron chi connectivity index (χ3n) is 2.95. The van der Waals surface area contributed by atoms with Crippen LogP contribution in [0.1, 0.15) is 10.4 Å². The Balaban J connectivity index is 2.31. The lowest BCUT2D eigenvalue weighted by molar-refractivity contribution is 0.100. The monoisotopic (exact) mass is 281 g/mol. The van der Waals surface area contributed by atoms with Gasteiger partial charge in [0.2, 0.25) is 5.91 Å². The van der Waals surface area contributed by atoms with Gasteiger partial charge in [0, 0.05) is 29.1 Å². The molecule has 0 unspecified atom stereocenters. The van der Waals surface area contributed by atoms with Crippen molar-refractivity contribution in [2.24, 2.45) is 5.73 Å². The maximum atomic E-state index is 11.7. The van der Waals surface area contributed by atoms with Gasteiger partial charge in [-0.1, -0.05) is 18.2 Å². The van der Waals surface area contributed by atoms with E-state index in [4.69, 9.17) is 5.73 Å². The highest BCUT2D eigenvalue weighted by Gasteiger charge is 2.17. The molecular weight excluding hydrogens is 270 g/mol. The van der Waals surface area contributed by atoms with Crippen LogP contribution in [0.3, 0.4) is 0 Å². The summed E-state index contributed by atoms with van der Waals surface area (Å²) in [6.45, 7) is 0. The SMILES string of the molecule is NC(=O)c1cccc(-c2cncs2)c1-c1ccccn1. The van der Waals surface area contributed by atoms with Crippen LogP contribution in [0.25, 0.3) is 21.7 Å². The quantitative estimate of drug-likeness (QED) is 0.802. The van der Waals surface area contributed by atoms with Gasteiger partial charge < -0.3 is 5.73 Å². The number of amides is 1. The van der Waals surface area contributed by atoms with Crippen molar-refractivity contribution < 1.29 is 4.79 Å². The van der Waals surface area contributed by atoms with Crippen LogP contribution < -0.4 is 5.73 Å². The standard InChI is InChI=1S/C15H11N3OS/c16-15(19)11-5-3-4-10(13-8-17-9-20-13)14(11)12-6-1-2-7-18-12/h1-9H,(H2,16,19). The maximum absolute atomic E-state index is 11.7. The summed E-state index contributed by atoms with van der Waals surface area (Å²) < 4.78 is 0. The third-order valence-corrected chi connectivity index (χ3v) is 3.76. The number of hydrogen-bond donors (Lipinski definition) is 1. The van der Waals surface area contributed by atoms with Crippen molar-refractivity contribution in [1.82, 2.24) is 9.97 Å². The molecule has 3 rings (SSSR count). The molecule has 2 heterocycles. The van der Waals surface area contributed by atoms with Crippen LogP contribution in [0, 0.1) is 0 Å². The number of pyridine rings is 1. The molecule has 2 N–H and O–H groups in total. The van der Waals surface area contributed by atoms with E-state index in [2.05, 4.69) is 9.97 Å². The van der Waals surface area contributed by atoms with Gasteiger partial charge in [-0.2, -0.15) is 0 Å². The first-order chi connectivity index (χ1) is 9.77. The molecule has 0 saturated carbocycles. The zero-order valence-corrected chi connectivity index (χ0v) is 11.3. The van der Waals surface area contributed by atoms with Gasteiger partial charge in [0.25, 0.3) is 0 Å². The highest BCUT2D eigenvalue weighted by atomic mass is 32.1. The number of carbonyl (C=O) groups is 1. The summed E-state index contributed by atoms with van der Waals surface area (Å²) in [5, 5.41) is 0. The molecule has 0 spiro atoms. The van der Waals surface area contributed by atoms with Crippen LogP contribution in [0.4, 0.5) is 0 Å². The van der Waals surface area contributed by atoms with Gasteiger partial charge in [-0.25, -0.2) is 0 Å². The molecular formula is C15H11N3OS. The summed E-state index contributed by atoms with van der Waals surface area (Å²) in [6.07, 6.45) is 3.47.